The summed E-state index contributed by atoms with van der Waals surface area (Å²) in [4.78, 5) is 11.6. The van der Waals surface area contributed by atoms with Crippen LogP contribution in [0.2, 0.25) is 0 Å². The van der Waals surface area contributed by atoms with Gasteiger partial charge in [0.25, 0.3) is 0 Å². The molecule has 28 heavy (non-hydrogen) atoms. The van der Waals surface area contributed by atoms with Crippen LogP contribution in [0, 0.1) is 0 Å². The molecule has 0 bridgehead atoms. The molecule has 0 saturated heterocycles. The summed E-state index contributed by atoms with van der Waals surface area (Å²) >= 11 is 0. The number of alkyl halides is 9. The highest BCUT2D eigenvalue weighted by molar-refractivity contribution is 5.92. The van der Waals surface area contributed by atoms with Gasteiger partial charge in [-0.25, -0.2) is 4.79 Å². The molecular weight excluding hydrogens is 415 g/mol. The van der Waals surface area contributed by atoms with Crippen LogP contribution in [-0.2, 0) is 0 Å². The van der Waals surface area contributed by atoms with Gasteiger partial charge in [-0.05, 0) is 25.1 Å². The third-order valence-corrected chi connectivity index (χ3v) is 3.29. The summed E-state index contributed by atoms with van der Waals surface area (Å²) in [6, 6.07) is -0.0677. The van der Waals surface area contributed by atoms with Gasteiger partial charge in [0.15, 0.2) is 5.75 Å². The number of nitrogens with one attached hydrogen (secondary N) is 2. The zero-order valence-corrected chi connectivity index (χ0v) is 13.6. The van der Waals surface area contributed by atoms with Gasteiger partial charge in [0.1, 0.15) is 5.76 Å². The number of ether oxygens (including phenoxy) is 1. The molecule has 2 amide bonds. The van der Waals surface area contributed by atoms with Crippen molar-refractivity contribution in [3.8, 4) is 5.75 Å². The van der Waals surface area contributed by atoms with Crippen LogP contribution in [0.5, 0.6) is 5.75 Å². The first-order valence-electron chi connectivity index (χ1n) is 6.88. The number of anilines is 1. The molecule has 0 heterocycles. The Kier molecular flexibility index (Phi) is 6.07. The maximum absolute atomic E-state index is 12.8. The number of hydrogen-bond acceptors (Lipinski definition) is 3. The second kappa shape index (κ2) is 7.31. The minimum atomic E-state index is -5.97. The van der Waals surface area contributed by atoms with Gasteiger partial charge in [-0.1, -0.05) is 6.58 Å². The summed E-state index contributed by atoms with van der Waals surface area (Å²) in [6.07, 6.45) is -17.3. The fourth-order valence-electron chi connectivity index (χ4n) is 1.70. The predicted octanol–water partition coefficient (Wildman–Crippen LogP) is 5.12. The van der Waals surface area contributed by atoms with E-state index in [1.165, 1.54) is 5.32 Å². The Bertz CT molecular complexity index is 740. The number of benzene rings is 1. The van der Waals surface area contributed by atoms with E-state index in [9.17, 15) is 49.4 Å². The minimum absolute atomic E-state index is 0.319. The Morgan fingerprint density at radius 3 is 1.93 bits per heavy atom. The van der Waals surface area contributed by atoms with Crippen molar-refractivity contribution in [1.82, 2.24) is 5.32 Å². The number of aliphatic hydroxyl groups is 1. The van der Waals surface area contributed by atoms with Gasteiger partial charge in [0.2, 0.25) is 5.54 Å². The highest BCUT2D eigenvalue weighted by atomic mass is 19.4. The monoisotopic (exact) mass is 426 g/mol. The van der Waals surface area contributed by atoms with Gasteiger partial charge in [-0.2, -0.15) is 26.3 Å². The van der Waals surface area contributed by atoms with E-state index in [-0.39, 0.29) is 12.5 Å². The Labute approximate surface area is 150 Å². The van der Waals surface area contributed by atoms with Crippen LogP contribution in [0.25, 0.3) is 5.76 Å². The fraction of sp³-hybridized carbons (Fsp3) is 0.357. The molecule has 0 radical (unpaired) electrons. The highest BCUT2D eigenvalue weighted by Crippen LogP contribution is 2.43. The van der Waals surface area contributed by atoms with Crippen molar-refractivity contribution in [1.29, 1.82) is 0 Å². The molecule has 0 fully saturated rings. The highest BCUT2D eigenvalue weighted by Gasteiger charge is 2.68. The molecule has 158 valence electrons. The molecule has 5 nitrogen and oxygen atoms in total. The maximum atomic E-state index is 12.8. The van der Waals surface area contributed by atoms with Gasteiger partial charge in [0.05, 0.1) is 5.69 Å². The van der Waals surface area contributed by atoms with E-state index in [1.54, 1.807) is 0 Å². The number of rotatable bonds is 4. The zero-order valence-electron chi connectivity index (χ0n) is 13.6. The molecular formula is C14H11F9N2O3. The summed E-state index contributed by atoms with van der Waals surface area (Å²) in [6.45, 7) is 2.66. The van der Waals surface area contributed by atoms with E-state index >= 15 is 0 Å². The van der Waals surface area contributed by atoms with Crippen LogP contribution >= 0.6 is 0 Å². The third-order valence-electron chi connectivity index (χ3n) is 3.29. The second-order valence-electron chi connectivity index (χ2n) is 5.41. The van der Waals surface area contributed by atoms with E-state index in [2.05, 4.69) is 11.3 Å². The van der Waals surface area contributed by atoms with Crippen molar-refractivity contribution in [2.75, 3.05) is 5.32 Å². The number of urea groups is 1. The van der Waals surface area contributed by atoms with Crippen molar-refractivity contribution in [2.24, 2.45) is 0 Å². The maximum Gasteiger partial charge on any atom is 0.573 e. The van der Waals surface area contributed by atoms with E-state index in [0.717, 1.165) is 6.07 Å². The molecule has 14 heteroatoms. The fourth-order valence-corrected chi connectivity index (χ4v) is 1.70. The molecule has 0 aliphatic rings. The van der Waals surface area contributed by atoms with Gasteiger partial charge in [-0.3, -0.25) is 0 Å². The molecule has 0 aromatic heterocycles. The molecule has 1 rings (SSSR count). The summed E-state index contributed by atoms with van der Waals surface area (Å²) < 4.78 is 117. The molecule has 3 N–H and O–H groups in total. The van der Waals surface area contributed by atoms with Crippen molar-refractivity contribution in [3.63, 3.8) is 0 Å². The Morgan fingerprint density at radius 2 is 1.54 bits per heavy atom. The van der Waals surface area contributed by atoms with E-state index in [0.29, 0.717) is 17.4 Å². The quantitative estimate of drug-likeness (QED) is 0.463. The van der Waals surface area contributed by atoms with Crippen molar-refractivity contribution in [2.45, 2.75) is 31.2 Å². The third kappa shape index (κ3) is 5.36. The SMILES string of the molecule is C=C(O)c1ccc(NC(=O)NC(C)(C(F)(F)F)C(F)(F)F)c(OC(F)(F)F)c1. The van der Waals surface area contributed by atoms with Crippen LogP contribution in [0.15, 0.2) is 24.8 Å². The lowest BCUT2D eigenvalue weighted by molar-refractivity contribution is -0.297. The summed E-state index contributed by atoms with van der Waals surface area (Å²) in [5.41, 5.74) is -5.93. The largest absolute Gasteiger partial charge is 0.573 e. The van der Waals surface area contributed by atoms with Gasteiger partial charge >= 0.3 is 24.7 Å². The predicted molar refractivity (Wildman–Crippen MR) is 77.5 cm³/mol. The van der Waals surface area contributed by atoms with Crippen molar-refractivity contribution >= 4 is 17.5 Å². The first-order valence-corrected chi connectivity index (χ1v) is 6.88. The lowest BCUT2D eigenvalue weighted by Crippen LogP contribution is -2.66. The Hall–Kier alpha value is -2.80. The van der Waals surface area contributed by atoms with Crippen LogP contribution < -0.4 is 15.4 Å². The van der Waals surface area contributed by atoms with E-state index in [4.69, 9.17) is 0 Å². The normalized spacial score (nSPS) is 13.1. The Morgan fingerprint density at radius 1 is 1.04 bits per heavy atom. The number of hydrogen-bond donors (Lipinski definition) is 3. The van der Waals surface area contributed by atoms with Crippen LogP contribution in [0.1, 0.15) is 12.5 Å². The van der Waals surface area contributed by atoms with Gasteiger partial charge in [-0.15, -0.1) is 13.2 Å². The average molecular weight is 426 g/mol. The van der Waals surface area contributed by atoms with Crippen LogP contribution in [0.3, 0.4) is 0 Å². The molecule has 1 aromatic carbocycles. The van der Waals surface area contributed by atoms with E-state index < -0.39 is 47.5 Å². The molecule has 0 aliphatic carbocycles. The van der Waals surface area contributed by atoms with Crippen LogP contribution in [0.4, 0.5) is 50.0 Å². The van der Waals surface area contributed by atoms with E-state index in [1.807, 2.05) is 0 Å². The number of halogens is 9. The first kappa shape index (κ1) is 23.2. The molecule has 0 unspecified atom stereocenters. The van der Waals surface area contributed by atoms with Crippen LogP contribution in [-0.4, -0.2) is 35.4 Å². The van der Waals surface area contributed by atoms with Gasteiger partial charge in [0, 0.05) is 5.56 Å². The summed E-state index contributed by atoms with van der Waals surface area (Å²) in [7, 11) is 0. The summed E-state index contributed by atoms with van der Waals surface area (Å²) in [5.74, 6) is -1.93. The molecule has 1 aromatic rings. The van der Waals surface area contributed by atoms with Crippen molar-refractivity contribution < 1.29 is 54.2 Å². The number of carbonyl (C=O) groups is 1. The lowest BCUT2D eigenvalue weighted by atomic mass is 10.0. The minimum Gasteiger partial charge on any atom is -0.508 e. The topological polar surface area (TPSA) is 70.6 Å². The lowest BCUT2D eigenvalue weighted by Gasteiger charge is -2.34. The first-order chi connectivity index (χ1) is 12.4. The molecule has 0 saturated carbocycles. The Balaban J connectivity index is 3.22. The standard InChI is InChI=1S/C14H11F9N2O3/c1-6(26)7-3-4-8(9(5-7)28-14(21,22)23)24-10(27)25-11(2,12(15,16)17)13(18,19)20/h3-5,26H,1H2,2H3,(H2,24,25,27). The summed E-state index contributed by atoms with van der Waals surface area (Å²) in [5, 5.41) is 11.2. The number of amides is 2. The molecule has 0 spiro atoms. The van der Waals surface area contributed by atoms with Crippen molar-refractivity contribution in [3.05, 3.63) is 30.3 Å². The number of carbonyl (C=O) groups excluding carboxylic acids is 1. The smallest absolute Gasteiger partial charge is 0.508 e. The van der Waals surface area contributed by atoms with Gasteiger partial charge < -0.3 is 20.5 Å². The molecule has 0 atom stereocenters. The zero-order chi connectivity index (χ0) is 22.1. The molecule has 0 aliphatic heterocycles. The average Bonchev–Trinajstić information content (AvgIpc) is 2.44. The number of aliphatic hydroxyl groups excluding tert-OH is 1. The second-order valence-corrected chi connectivity index (χ2v) is 5.41.